The van der Waals surface area contributed by atoms with E-state index in [1.165, 1.54) is 6.92 Å². The van der Waals surface area contributed by atoms with Crippen LogP contribution in [0.3, 0.4) is 0 Å². The van der Waals surface area contributed by atoms with E-state index in [4.69, 9.17) is 23.7 Å². The van der Waals surface area contributed by atoms with Gasteiger partial charge in [0.25, 0.3) is 0 Å². The summed E-state index contributed by atoms with van der Waals surface area (Å²) in [6, 6.07) is 6.18. The van der Waals surface area contributed by atoms with Gasteiger partial charge < -0.3 is 44.0 Å². The van der Waals surface area contributed by atoms with Gasteiger partial charge in [0, 0.05) is 70.4 Å². The molecule has 0 amide bonds. The number of H-pyrrole nitrogens is 1. The molecule has 9 aliphatic rings. The molecular weight excluding hydrogens is 753 g/mol. The van der Waals surface area contributed by atoms with E-state index in [2.05, 4.69) is 26.2 Å². The zero-order valence-electron chi connectivity index (χ0n) is 31.6. The number of aliphatic hydroxyl groups excluding tert-OH is 1. The predicted octanol–water partition coefficient (Wildman–Crippen LogP) is 3.87. The van der Waals surface area contributed by atoms with E-state index in [0.717, 1.165) is 38.7 Å². The Balaban J connectivity index is 1.10. The third-order valence-electron chi connectivity index (χ3n) is 15.1. The third kappa shape index (κ3) is 3.48. The van der Waals surface area contributed by atoms with Crippen LogP contribution in [-0.4, -0.2) is 91.8 Å². The van der Waals surface area contributed by atoms with E-state index < -0.39 is 52.2 Å². The highest BCUT2D eigenvalue weighted by atomic mass is 32.2. The van der Waals surface area contributed by atoms with Crippen molar-refractivity contribution < 1.29 is 48.6 Å². The Morgan fingerprint density at radius 3 is 2.74 bits per heavy atom. The van der Waals surface area contributed by atoms with E-state index in [0.29, 0.717) is 65.6 Å². The number of nitrogens with zero attached hydrogens (tertiary/aromatic N) is 2. The monoisotopic (exact) mass is 792 g/mol. The second kappa shape index (κ2) is 10.3. The van der Waals surface area contributed by atoms with Crippen LogP contribution in [0.2, 0.25) is 0 Å². The topological polar surface area (TPSA) is 175 Å². The molecule has 2 bridgehead atoms. The van der Waals surface area contributed by atoms with Gasteiger partial charge >= 0.3 is 11.9 Å². The van der Waals surface area contributed by atoms with Crippen LogP contribution in [-0.2, 0) is 37.4 Å². The summed E-state index contributed by atoms with van der Waals surface area (Å²) in [5.74, 6) is 0.940. The number of benzene rings is 3. The van der Waals surface area contributed by atoms with Crippen LogP contribution in [0.5, 0.6) is 34.5 Å². The number of phenols is 2. The maximum absolute atomic E-state index is 15.6. The lowest BCUT2D eigenvalue weighted by molar-refractivity contribution is -0.245. The number of rotatable bonds is 2. The van der Waals surface area contributed by atoms with E-state index in [1.54, 1.807) is 31.0 Å². The average Bonchev–Trinajstić information content (AvgIpc) is 3.37. The van der Waals surface area contributed by atoms with Crippen molar-refractivity contribution in [3.63, 3.8) is 0 Å². The molecule has 8 heterocycles. The Labute approximate surface area is 330 Å². The zero-order chi connectivity index (χ0) is 38.8. The number of phenolic OH excluding ortho intramolecular Hbond substituents is 2. The average molecular weight is 793 g/mol. The number of aromatic amines is 1. The molecule has 57 heavy (non-hydrogen) atoms. The van der Waals surface area contributed by atoms with Gasteiger partial charge in [-0.05, 0) is 68.0 Å². The van der Waals surface area contributed by atoms with E-state index in [9.17, 15) is 20.1 Å². The van der Waals surface area contributed by atoms with Crippen molar-refractivity contribution in [3.8, 4) is 34.5 Å². The molecule has 2 spiro atoms. The number of ether oxygens (including phenoxy) is 5. The Morgan fingerprint density at radius 2 is 1.93 bits per heavy atom. The molecule has 10 atom stereocenters. The summed E-state index contributed by atoms with van der Waals surface area (Å²) in [6.07, 6.45) is 1.01. The Kier molecular flexibility index (Phi) is 6.02. The molecule has 2 aliphatic carbocycles. The summed E-state index contributed by atoms with van der Waals surface area (Å²) in [5, 5.41) is 39.4. The molecule has 1 aromatic heterocycles. The number of nitrogens with one attached hydrogen (secondary N) is 2. The standard InChI is InChI=1S/C42H40N4O10S/c1-15-9-21-23-11-24-38(50)46-30(29(45(23)24)26(21)31(49)32(15)52-4)37-42(25-12-41(25,46)27-28(42)33(55-17(3)47)16(2)34-35(27)54-14-53-34)56-39(51)40(13-57-37)36-19(7-8-43-40)20-10-18(48)5-6-22(20)44-36/h5-6,9-10,23-25,29-30,37-38,43-44,48-50H,7-8,11-14H2,1-4H3/t23-,24?,25?,29?,30?,37?,38+,40-,41?,42?/m1/s1. The number of methoxy groups -OCH3 is 1. The first-order valence-corrected chi connectivity index (χ1v) is 20.8. The summed E-state index contributed by atoms with van der Waals surface area (Å²) >= 11 is 1.62. The molecule has 4 saturated heterocycles. The minimum atomic E-state index is -1.35. The Morgan fingerprint density at radius 1 is 1.11 bits per heavy atom. The molecule has 1 saturated carbocycles. The van der Waals surface area contributed by atoms with Gasteiger partial charge in [-0.2, -0.15) is 0 Å². The fraction of sp³-hybridized carbons (Fsp3) is 0.476. The summed E-state index contributed by atoms with van der Waals surface area (Å²) in [5.41, 5.74) is 3.51. The number of carbonyl (C=O) groups is 2. The molecule has 15 heteroatoms. The summed E-state index contributed by atoms with van der Waals surface area (Å²) < 4.78 is 31.8. The third-order valence-corrected chi connectivity index (χ3v) is 16.7. The number of hydrogen-bond acceptors (Lipinski definition) is 14. The van der Waals surface area contributed by atoms with E-state index >= 15 is 4.79 Å². The van der Waals surface area contributed by atoms with Crippen LogP contribution in [0.15, 0.2) is 24.3 Å². The molecule has 7 aliphatic heterocycles. The van der Waals surface area contributed by atoms with Crippen LogP contribution < -0.4 is 24.3 Å². The number of aromatic nitrogens is 1. The SMILES string of the molecule is COc1c(C)cc2c(c1O)C1C3C4SC[C@]5(NCCc6c5[nH]c5ccc(O)cc65)C(=O)OC45c4c(OC(C)=O)c(C)c6c(c4C4(CC54)N3[C@@H](O)C3C[C@H]2N13)OCO6. The molecule has 0 radical (unpaired) electrons. The van der Waals surface area contributed by atoms with Crippen LogP contribution in [0.1, 0.15) is 76.5 Å². The number of carbonyl (C=O) groups excluding carboxylic acids is 2. The number of aromatic hydroxyl groups is 2. The van der Waals surface area contributed by atoms with E-state index in [-0.39, 0.29) is 42.0 Å². The van der Waals surface area contributed by atoms with Crippen molar-refractivity contribution in [2.45, 2.75) is 92.4 Å². The number of piperidine rings is 1. The van der Waals surface area contributed by atoms with Crippen molar-refractivity contribution in [3.05, 3.63) is 68.9 Å². The molecule has 7 unspecified atom stereocenters. The largest absolute Gasteiger partial charge is 0.508 e. The van der Waals surface area contributed by atoms with Gasteiger partial charge in [0.1, 0.15) is 17.7 Å². The number of aryl methyl sites for hydroxylation is 1. The molecule has 13 rings (SSSR count). The lowest BCUT2D eigenvalue weighted by Crippen LogP contribution is -2.75. The van der Waals surface area contributed by atoms with Crippen LogP contribution in [0.4, 0.5) is 0 Å². The highest BCUT2D eigenvalue weighted by molar-refractivity contribution is 8.00. The van der Waals surface area contributed by atoms with E-state index in [1.807, 2.05) is 19.9 Å². The maximum atomic E-state index is 15.6. The highest BCUT2D eigenvalue weighted by Gasteiger charge is 2.88. The first-order chi connectivity index (χ1) is 27.5. The fourth-order valence-corrected chi connectivity index (χ4v) is 15.0. The smallest absolute Gasteiger partial charge is 0.334 e. The lowest BCUT2D eigenvalue weighted by atomic mass is 9.75. The summed E-state index contributed by atoms with van der Waals surface area (Å²) in [6.45, 7) is 5.60. The molecule has 3 aromatic carbocycles. The normalized spacial score (nSPS) is 36.9. The van der Waals surface area contributed by atoms with Crippen molar-refractivity contribution in [1.29, 1.82) is 0 Å². The Hall–Kier alpha value is -4.67. The van der Waals surface area contributed by atoms with Gasteiger partial charge in [-0.15, -0.1) is 11.8 Å². The number of aliphatic hydroxyl groups is 1. The number of thioether (sulfide) groups is 1. The van der Waals surface area contributed by atoms with Crippen molar-refractivity contribution in [1.82, 2.24) is 20.1 Å². The van der Waals surface area contributed by atoms with Gasteiger partial charge in [-0.1, -0.05) is 6.07 Å². The van der Waals surface area contributed by atoms with Gasteiger partial charge in [0.05, 0.1) is 35.7 Å². The number of piperazine rings is 1. The van der Waals surface area contributed by atoms with Crippen LogP contribution in [0.25, 0.3) is 10.9 Å². The first-order valence-electron chi connectivity index (χ1n) is 19.7. The molecular formula is C42H40N4O10S. The fourth-order valence-electron chi connectivity index (χ4n) is 13.1. The Bertz CT molecular complexity index is 2610. The number of hydrogen-bond donors (Lipinski definition) is 5. The quantitative estimate of drug-likeness (QED) is 0.146. The first kappa shape index (κ1) is 33.3. The second-order valence-corrected chi connectivity index (χ2v) is 18.5. The highest BCUT2D eigenvalue weighted by Crippen LogP contribution is 2.84. The predicted molar refractivity (Wildman–Crippen MR) is 203 cm³/mol. The van der Waals surface area contributed by atoms with Crippen molar-refractivity contribution >= 4 is 34.6 Å². The molecule has 4 aromatic rings. The zero-order valence-corrected chi connectivity index (χ0v) is 32.4. The number of esters is 2. The van der Waals surface area contributed by atoms with Crippen molar-refractivity contribution in [2.75, 3.05) is 26.2 Å². The van der Waals surface area contributed by atoms with Gasteiger partial charge in [-0.25, -0.2) is 4.79 Å². The molecule has 5 N–H and O–H groups in total. The van der Waals surface area contributed by atoms with Crippen LogP contribution >= 0.6 is 11.8 Å². The van der Waals surface area contributed by atoms with Gasteiger partial charge in [0.2, 0.25) is 6.79 Å². The second-order valence-electron chi connectivity index (χ2n) is 17.3. The van der Waals surface area contributed by atoms with Gasteiger partial charge in [0.15, 0.2) is 34.1 Å². The lowest BCUT2D eigenvalue weighted by Gasteiger charge is -2.64. The minimum absolute atomic E-state index is 0.0115. The summed E-state index contributed by atoms with van der Waals surface area (Å²) in [7, 11) is 1.57. The van der Waals surface area contributed by atoms with Crippen LogP contribution in [0, 0.1) is 19.8 Å². The molecule has 5 fully saturated rings. The van der Waals surface area contributed by atoms with Crippen molar-refractivity contribution in [2.24, 2.45) is 5.92 Å². The van der Waals surface area contributed by atoms with Gasteiger partial charge in [-0.3, -0.25) is 19.9 Å². The molecule has 14 nitrogen and oxygen atoms in total. The minimum Gasteiger partial charge on any atom is -0.508 e. The summed E-state index contributed by atoms with van der Waals surface area (Å²) in [4.78, 5) is 36.8. The number of fused-ring (bicyclic) bond motifs is 13. The molecule has 294 valence electrons. The maximum Gasteiger partial charge on any atom is 0.334 e.